The number of rotatable bonds is 5. The van der Waals surface area contributed by atoms with Crippen LogP contribution in [0.15, 0.2) is 35.9 Å². The minimum Gasteiger partial charge on any atom is -0.466 e. The molecule has 0 unspecified atom stereocenters. The lowest BCUT2D eigenvalue weighted by Gasteiger charge is -2.17. The highest BCUT2D eigenvalue weighted by Crippen LogP contribution is 2.14. The molecule has 0 saturated carbocycles. The summed E-state index contributed by atoms with van der Waals surface area (Å²) >= 11 is 0. The summed E-state index contributed by atoms with van der Waals surface area (Å²) in [4.78, 5) is 13.4. The van der Waals surface area contributed by atoms with Crippen LogP contribution in [-0.4, -0.2) is 26.7 Å². The van der Waals surface area contributed by atoms with Crippen LogP contribution in [0.1, 0.15) is 18.9 Å². The van der Waals surface area contributed by atoms with Gasteiger partial charge in [-0.3, -0.25) is 0 Å². The van der Waals surface area contributed by atoms with E-state index in [1.807, 2.05) is 37.1 Å². The largest absolute Gasteiger partial charge is 0.466 e. The lowest BCUT2D eigenvalue weighted by Crippen LogP contribution is -2.18. The van der Waals surface area contributed by atoms with Gasteiger partial charge in [0.05, 0.1) is 18.7 Å². The maximum Gasteiger partial charge on any atom is 0.333 e. The lowest BCUT2D eigenvalue weighted by molar-refractivity contribution is -0.136. The zero-order valence-corrected chi connectivity index (χ0v) is 11.5. The third-order valence-corrected chi connectivity index (χ3v) is 2.88. The number of nitriles is 1. The molecule has 0 N–H and O–H groups in total. The maximum absolute atomic E-state index is 11.4. The van der Waals surface area contributed by atoms with Crippen molar-refractivity contribution in [3.8, 4) is 6.07 Å². The van der Waals surface area contributed by atoms with Crippen molar-refractivity contribution in [2.45, 2.75) is 13.3 Å². The molecular weight excluding hydrogens is 240 g/mol. The van der Waals surface area contributed by atoms with Crippen LogP contribution in [0.5, 0.6) is 0 Å². The first-order valence-corrected chi connectivity index (χ1v) is 6.11. The van der Waals surface area contributed by atoms with Crippen LogP contribution in [0.2, 0.25) is 0 Å². The van der Waals surface area contributed by atoms with Gasteiger partial charge in [0.1, 0.15) is 0 Å². The first-order valence-electron chi connectivity index (χ1n) is 6.11. The van der Waals surface area contributed by atoms with Gasteiger partial charge in [0.25, 0.3) is 0 Å². The number of nitrogens with zero attached hydrogens (tertiary/aromatic N) is 2. The Labute approximate surface area is 113 Å². The van der Waals surface area contributed by atoms with E-state index in [1.165, 1.54) is 7.11 Å². The molecule has 19 heavy (non-hydrogen) atoms. The maximum atomic E-state index is 11.4. The van der Waals surface area contributed by atoms with Crippen molar-refractivity contribution in [3.63, 3.8) is 0 Å². The summed E-state index contributed by atoms with van der Waals surface area (Å²) < 4.78 is 4.71. The van der Waals surface area contributed by atoms with Crippen LogP contribution in [0.25, 0.3) is 0 Å². The molecular formula is C15H18N2O2. The molecule has 0 bridgehead atoms. The molecule has 0 amide bonds. The Bertz CT molecular complexity index is 498. The molecule has 0 aliphatic rings. The Balaban J connectivity index is 2.73. The van der Waals surface area contributed by atoms with Crippen molar-refractivity contribution in [2.75, 3.05) is 25.6 Å². The summed E-state index contributed by atoms with van der Waals surface area (Å²) in [6.07, 6.45) is 2.51. The number of likely N-dealkylation sites (N-methyl/N-ethyl adjacent to an activating group) is 1. The Morgan fingerprint density at radius 1 is 1.42 bits per heavy atom. The Hall–Kier alpha value is -2.28. The minimum absolute atomic E-state index is 0.282. The van der Waals surface area contributed by atoms with Gasteiger partial charge >= 0.3 is 5.97 Å². The highest BCUT2D eigenvalue weighted by molar-refractivity contribution is 5.88. The van der Waals surface area contributed by atoms with Crippen molar-refractivity contribution in [1.82, 2.24) is 0 Å². The third kappa shape index (κ3) is 4.14. The van der Waals surface area contributed by atoms with Gasteiger partial charge in [0, 0.05) is 24.9 Å². The second-order valence-electron chi connectivity index (χ2n) is 4.11. The molecule has 0 saturated heterocycles. The SMILES string of the molecule is CCC(=CCN(C)c1ccc(C#N)cc1)C(=O)OC. The number of anilines is 1. The van der Waals surface area contributed by atoms with E-state index in [0.717, 1.165) is 5.69 Å². The van der Waals surface area contributed by atoms with E-state index in [1.54, 1.807) is 12.1 Å². The molecule has 0 atom stereocenters. The van der Waals surface area contributed by atoms with Gasteiger partial charge in [-0.2, -0.15) is 5.26 Å². The Morgan fingerprint density at radius 3 is 2.53 bits per heavy atom. The quantitative estimate of drug-likeness (QED) is 0.601. The number of benzene rings is 1. The van der Waals surface area contributed by atoms with E-state index in [-0.39, 0.29) is 5.97 Å². The topological polar surface area (TPSA) is 53.3 Å². The normalized spacial score (nSPS) is 10.7. The van der Waals surface area contributed by atoms with Crippen molar-refractivity contribution in [3.05, 3.63) is 41.5 Å². The van der Waals surface area contributed by atoms with Gasteiger partial charge in [-0.15, -0.1) is 0 Å². The smallest absolute Gasteiger partial charge is 0.333 e. The number of hydrogen-bond acceptors (Lipinski definition) is 4. The van der Waals surface area contributed by atoms with E-state index in [9.17, 15) is 4.79 Å². The van der Waals surface area contributed by atoms with Crippen molar-refractivity contribution < 1.29 is 9.53 Å². The second-order valence-corrected chi connectivity index (χ2v) is 4.11. The summed E-state index contributed by atoms with van der Waals surface area (Å²) in [6.45, 7) is 2.54. The van der Waals surface area contributed by atoms with E-state index in [0.29, 0.717) is 24.1 Å². The first-order chi connectivity index (χ1) is 9.12. The van der Waals surface area contributed by atoms with E-state index < -0.39 is 0 Å². The van der Waals surface area contributed by atoms with Crippen LogP contribution in [0.3, 0.4) is 0 Å². The number of methoxy groups -OCH3 is 1. The van der Waals surface area contributed by atoms with Gasteiger partial charge in [0.15, 0.2) is 0 Å². The minimum atomic E-state index is -0.282. The summed E-state index contributed by atoms with van der Waals surface area (Å²) in [5.41, 5.74) is 2.30. The molecule has 0 spiro atoms. The molecule has 100 valence electrons. The van der Waals surface area contributed by atoms with Crippen molar-refractivity contribution >= 4 is 11.7 Å². The van der Waals surface area contributed by atoms with E-state index >= 15 is 0 Å². The molecule has 4 nitrogen and oxygen atoms in total. The fourth-order valence-electron chi connectivity index (χ4n) is 1.65. The van der Waals surface area contributed by atoms with Crippen LogP contribution < -0.4 is 4.90 Å². The lowest BCUT2D eigenvalue weighted by atomic mass is 10.2. The molecule has 1 aromatic carbocycles. The van der Waals surface area contributed by atoms with Crippen molar-refractivity contribution in [1.29, 1.82) is 5.26 Å². The number of carbonyl (C=O) groups is 1. The number of hydrogen-bond donors (Lipinski definition) is 0. The second kappa shape index (κ2) is 7.22. The van der Waals surface area contributed by atoms with Crippen LogP contribution in [0, 0.1) is 11.3 Å². The van der Waals surface area contributed by atoms with Crippen LogP contribution >= 0.6 is 0 Å². The molecule has 4 heteroatoms. The molecule has 1 aromatic rings. The molecule has 0 heterocycles. The zero-order chi connectivity index (χ0) is 14.3. The zero-order valence-electron chi connectivity index (χ0n) is 11.5. The van der Waals surface area contributed by atoms with E-state index in [4.69, 9.17) is 10.00 Å². The molecule has 0 aromatic heterocycles. The average molecular weight is 258 g/mol. The van der Waals surface area contributed by atoms with Gasteiger partial charge in [-0.25, -0.2) is 4.79 Å². The Kier molecular flexibility index (Phi) is 5.62. The fraction of sp³-hybridized carbons (Fsp3) is 0.333. The molecule has 0 aliphatic heterocycles. The summed E-state index contributed by atoms with van der Waals surface area (Å²) in [5, 5.41) is 8.74. The summed E-state index contributed by atoms with van der Waals surface area (Å²) in [6, 6.07) is 9.40. The molecule has 0 fully saturated rings. The molecule has 0 radical (unpaired) electrons. The highest BCUT2D eigenvalue weighted by Gasteiger charge is 2.07. The van der Waals surface area contributed by atoms with Gasteiger partial charge in [0.2, 0.25) is 0 Å². The highest BCUT2D eigenvalue weighted by atomic mass is 16.5. The summed E-state index contributed by atoms with van der Waals surface area (Å²) in [7, 11) is 3.32. The predicted molar refractivity (Wildman–Crippen MR) is 74.8 cm³/mol. The fourth-order valence-corrected chi connectivity index (χ4v) is 1.65. The van der Waals surface area contributed by atoms with Gasteiger partial charge < -0.3 is 9.64 Å². The number of carbonyl (C=O) groups excluding carboxylic acids is 1. The van der Waals surface area contributed by atoms with Gasteiger partial charge in [-0.1, -0.05) is 13.0 Å². The molecule has 1 rings (SSSR count). The predicted octanol–water partition coefficient (Wildman–Crippen LogP) is 2.50. The van der Waals surface area contributed by atoms with E-state index in [2.05, 4.69) is 6.07 Å². The average Bonchev–Trinajstić information content (AvgIpc) is 2.47. The van der Waals surface area contributed by atoms with Gasteiger partial charge in [-0.05, 0) is 30.7 Å². The van der Waals surface area contributed by atoms with Crippen molar-refractivity contribution in [2.24, 2.45) is 0 Å². The number of esters is 1. The molecule has 0 aliphatic carbocycles. The first kappa shape index (κ1) is 14.8. The standard InChI is InChI=1S/C15H18N2O2/c1-4-13(15(18)19-3)9-10-17(2)14-7-5-12(11-16)6-8-14/h5-9H,4,10H2,1-3H3. The summed E-state index contributed by atoms with van der Waals surface area (Å²) in [5.74, 6) is -0.282. The number of ether oxygens (including phenoxy) is 1. The van der Waals surface area contributed by atoms with Crippen LogP contribution in [-0.2, 0) is 9.53 Å². The van der Waals surface area contributed by atoms with Crippen LogP contribution in [0.4, 0.5) is 5.69 Å². The Morgan fingerprint density at radius 2 is 2.05 bits per heavy atom. The monoisotopic (exact) mass is 258 g/mol. The third-order valence-electron chi connectivity index (χ3n) is 2.88.